The van der Waals surface area contributed by atoms with Crippen LogP contribution in [0.1, 0.15) is 13.3 Å². The molecule has 1 heterocycles. The average molecular weight is 250 g/mol. The molecule has 1 rings (SSSR count). The Morgan fingerprint density at radius 3 is 2.00 bits per heavy atom. The lowest BCUT2D eigenvalue weighted by atomic mass is 10.0. The molecule has 1 aliphatic heterocycles. The van der Waals surface area contributed by atoms with E-state index in [1.54, 1.807) is 28.4 Å². The predicted octanol–water partition coefficient (Wildman–Crippen LogP) is 1.48. The minimum Gasteiger partial charge on any atom is -0.398 e. The third-order valence-corrected chi connectivity index (χ3v) is 6.33. The molecule has 0 aromatic rings. The molecule has 6 heteroatoms. The number of methoxy groups -OCH3 is 3. The number of hydrogen-bond acceptors (Lipinski definition) is 5. The molecule has 16 heavy (non-hydrogen) atoms. The van der Waals surface area contributed by atoms with Crippen molar-refractivity contribution in [2.45, 2.75) is 37.5 Å². The monoisotopic (exact) mass is 250 g/mol. The third-order valence-electron chi connectivity index (χ3n) is 3.49. The van der Waals surface area contributed by atoms with Crippen molar-refractivity contribution in [1.82, 2.24) is 0 Å². The van der Waals surface area contributed by atoms with Gasteiger partial charge in [-0.3, -0.25) is 0 Å². The SMILES string of the molecule is COC1(C)O[Si](C)(OC)CCC1(OC)OC. The van der Waals surface area contributed by atoms with E-state index >= 15 is 0 Å². The number of ether oxygens (including phenoxy) is 3. The van der Waals surface area contributed by atoms with Crippen molar-refractivity contribution in [2.75, 3.05) is 28.4 Å². The standard InChI is InChI=1S/C10H22O5Si/c1-9(11-2)10(12-3,13-4)7-8-16(6,14-5)15-9/h7-8H2,1-6H3. The first-order valence-electron chi connectivity index (χ1n) is 5.31. The van der Waals surface area contributed by atoms with Crippen molar-refractivity contribution in [3.63, 3.8) is 0 Å². The molecule has 2 atom stereocenters. The molecule has 0 bridgehead atoms. The maximum absolute atomic E-state index is 6.00. The Morgan fingerprint density at radius 2 is 1.62 bits per heavy atom. The molecule has 0 saturated carbocycles. The summed E-state index contributed by atoms with van der Waals surface area (Å²) in [7, 11) is 4.28. The second-order valence-electron chi connectivity index (χ2n) is 4.25. The van der Waals surface area contributed by atoms with Gasteiger partial charge in [0.15, 0.2) is 0 Å². The van der Waals surface area contributed by atoms with E-state index in [9.17, 15) is 0 Å². The molecule has 0 amide bonds. The van der Waals surface area contributed by atoms with E-state index in [0.29, 0.717) is 6.42 Å². The Morgan fingerprint density at radius 1 is 1.06 bits per heavy atom. The van der Waals surface area contributed by atoms with E-state index in [-0.39, 0.29) is 0 Å². The van der Waals surface area contributed by atoms with Gasteiger partial charge in [0.05, 0.1) is 0 Å². The van der Waals surface area contributed by atoms with Gasteiger partial charge in [-0.1, -0.05) is 0 Å². The summed E-state index contributed by atoms with van der Waals surface area (Å²) in [5.74, 6) is -1.81. The lowest BCUT2D eigenvalue weighted by Crippen LogP contribution is -2.66. The van der Waals surface area contributed by atoms with Crippen LogP contribution in [0.4, 0.5) is 0 Å². The topological polar surface area (TPSA) is 46.2 Å². The number of rotatable bonds is 4. The third kappa shape index (κ3) is 2.05. The highest BCUT2D eigenvalue weighted by atomic mass is 28.4. The second-order valence-corrected chi connectivity index (χ2v) is 7.63. The van der Waals surface area contributed by atoms with E-state index in [4.69, 9.17) is 23.1 Å². The summed E-state index contributed by atoms with van der Waals surface area (Å²) < 4.78 is 27.9. The van der Waals surface area contributed by atoms with Crippen LogP contribution >= 0.6 is 0 Å². The maximum atomic E-state index is 6.00. The Labute approximate surface area is 98.2 Å². The molecular weight excluding hydrogens is 228 g/mol. The van der Waals surface area contributed by atoms with Crippen molar-refractivity contribution < 1.29 is 23.1 Å². The lowest BCUT2D eigenvalue weighted by Gasteiger charge is -2.52. The Hall–Kier alpha value is 0.0169. The van der Waals surface area contributed by atoms with Gasteiger partial charge in [-0.25, -0.2) is 0 Å². The van der Waals surface area contributed by atoms with Gasteiger partial charge < -0.3 is 23.1 Å². The van der Waals surface area contributed by atoms with Crippen molar-refractivity contribution in [2.24, 2.45) is 0 Å². The van der Waals surface area contributed by atoms with Crippen molar-refractivity contribution >= 4 is 8.56 Å². The predicted molar refractivity (Wildman–Crippen MR) is 61.3 cm³/mol. The molecule has 2 unspecified atom stereocenters. The van der Waals surface area contributed by atoms with E-state index in [1.165, 1.54) is 0 Å². The first kappa shape index (κ1) is 14.1. The minimum absolute atomic E-state index is 0.695. The van der Waals surface area contributed by atoms with Crippen molar-refractivity contribution in [3.8, 4) is 0 Å². The molecule has 1 aliphatic rings. The number of hydrogen-bond donors (Lipinski definition) is 0. The van der Waals surface area contributed by atoms with E-state index in [0.717, 1.165) is 6.04 Å². The molecule has 5 nitrogen and oxygen atoms in total. The molecule has 0 aromatic heterocycles. The minimum atomic E-state index is -2.17. The molecule has 96 valence electrons. The summed E-state index contributed by atoms with van der Waals surface area (Å²) in [6.07, 6.45) is 0.695. The van der Waals surface area contributed by atoms with Crippen LogP contribution in [0, 0.1) is 0 Å². The van der Waals surface area contributed by atoms with E-state index < -0.39 is 20.1 Å². The highest BCUT2D eigenvalue weighted by Crippen LogP contribution is 2.44. The first-order chi connectivity index (χ1) is 7.41. The van der Waals surface area contributed by atoms with Gasteiger partial charge in [0.1, 0.15) is 0 Å². The Bertz CT molecular complexity index is 245. The quantitative estimate of drug-likeness (QED) is 0.558. The molecule has 0 radical (unpaired) electrons. The van der Waals surface area contributed by atoms with Crippen molar-refractivity contribution in [1.29, 1.82) is 0 Å². The van der Waals surface area contributed by atoms with Crippen LogP contribution in [-0.4, -0.2) is 48.6 Å². The summed E-state index contributed by atoms with van der Waals surface area (Å²) in [6, 6.07) is 0.810. The van der Waals surface area contributed by atoms with Gasteiger partial charge >= 0.3 is 8.56 Å². The molecule has 0 aromatic carbocycles. The summed E-state index contributed by atoms with van der Waals surface area (Å²) in [5, 5.41) is 0. The zero-order chi connectivity index (χ0) is 12.4. The fourth-order valence-corrected chi connectivity index (χ4v) is 4.39. The van der Waals surface area contributed by atoms with Gasteiger partial charge in [0.25, 0.3) is 0 Å². The van der Waals surface area contributed by atoms with Crippen LogP contribution in [0.2, 0.25) is 12.6 Å². The van der Waals surface area contributed by atoms with Gasteiger partial charge in [0.2, 0.25) is 11.6 Å². The summed E-state index contributed by atoms with van der Waals surface area (Å²) in [5.41, 5.74) is 0. The van der Waals surface area contributed by atoms with Crippen LogP contribution < -0.4 is 0 Å². The molecule has 0 aliphatic carbocycles. The molecule has 0 N–H and O–H groups in total. The molecular formula is C10H22O5Si. The fraction of sp³-hybridized carbons (Fsp3) is 1.00. The van der Waals surface area contributed by atoms with Gasteiger partial charge in [-0.05, 0) is 19.5 Å². The van der Waals surface area contributed by atoms with Crippen LogP contribution in [-0.2, 0) is 23.1 Å². The smallest absolute Gasteiger partial charge is 0.337 e. The van der Waals surface area contributed by atoms with Crippen LogP contribution in [0.25, 0.3) is 0 Å². The lowest BCUT2D eigenvalue weighted by molar-refractivity contribution is -0.377. The fourth-order valence-electron chi connectivity index (χ4n) is 2.16. The highest BCUT2D eigenvalue weighted by Gasteiger charge is 2.60. The normalized spacial score (nSPS) is 38.6. The van der Waals surface area contributed by atoms with E-state index in [2.05, 4.69) is 0 Å². The molecule has 0 spiro atoms. The summed E-state index contributed by atoms with van der Waals surface area (Å²) >= 11 is 0. The first-order valence-corrected chi connectivity index (χ1v) is 7.84. The summed E-state index contributed by atoms with van der Waals surface area (Å²) in [6.45, 7) is 3.84. The van der Waals surface area contributed by atoms with Gasteiger partial charge in [-0.15, -0.1) is 0 Å². The molecule has 1 fully saturated rings. The molecule has 1 saturated heterocycles. The van der Waals surface area contributed by atoms with Crippen LogP contribution in [0.3, 0.4) is 0 Å². The second kappa shape index (κ2) is 4.71. The Balaban J connectivity index is 3.01. The highest BCUT2D eigenvalue weighted by molar-refractivity contribution is 6.66. The van der Waals surface area contributed by atoms with Crippen LogP contribution in [0.15, 0.2) is 0 Å². The zero-order valence-electron chi connectivity index (χ0n) is 11.0. The Kier molecular flexibility index (Phi) is 4.15. The maximum Gasteiger partial charge on any atom is 0.337 e. The zero-order valence-corrected chi connectivity index (χ0v) is 12.0. The van der Waals surface area contributed by atoms with Gasteiger partial charge in [-0.2, -0.15) is 0 Å². The average Bonchev–Trinajstić information content (AvgIpc) is 2.30. The van der Waals surface area contributed by atoms with Crippen LogP contribution in [0.5, 0.6) is 0 Å². The summed E-state index contributed by atoms with van der Waals surface area (Å²) in [4.78, 5) is 0. The van der Waals surface area contributed by atoms with Gasteiger partial charge in [0, 0.05) is 34.9 Å². The van der Waals surface area contributed by atoms with E-state index in [1.807, 2.05) is 13.5 Å². The van der Waals surface area contributed by atoms with Crippen molar-refractivity contribution in [3.05, 3.63) is 0 Å². The largest absolute Gasteiger partial charge is 0.398 e.